The average Bonchev–Trinajstić information content (AvgIpc) is 3.22. The smallest absolute Gasteiger partial charge is 0.246 e. The highest BCUT2D eigenvalue weighted by Crippen LogP contribution is 2.31. The molecule has 9 heteroatoms. The van der Waals surface area contributed by atoms with Gasteiger partial charge in [0.15, 0.2) is 6.33 Å². The van der Waals surface area contributed by atoms with Gasteiger partial charge in [-0.3, -0.25) is 9.59 Å². The van der Waals surface area contributed by atoms with E-state index < -0.39 is 5.60 Å². The molecule has 0 radical (unpaired) electrons. The van der Waals surface area contributed by atoms with E-state index in [-0.39, 0.29) is 43.9 Å². The largest absolute Gasteiger partial charge is 0.384 e. The first kappa shape index (κ1) is 16.8. The molecule has 1 aliphatic carbocycles. The summed E-state index contributed by atoms with van der Waals surface area (Å²) in [5, 5.41) is 24.2. The van der Waals surface area contributed by atoms with Gasteiger partial charge in [0.25, 0.3) is 0 Å². The Labute approximate surface area is 140 Å². The fourth-order valence-electron chi connectivity index (χ4n) is 3.52. The van der Waals surface area contributed by atoms with Crippen LogP contribution in [0.5, 0.6) is 0 Å². The van der Waals surface area contributed by atoms with E-state index in [4.69, 9.17) is 0 Å². The zero-order valence-corrected chi connectivity index (χ0v) is 13.9. The first-order valence-corrected chi connectivity index (χ1v) is 8.45. The van der Waals surface area contributed by atoms with Crippen LogP contribution in [0.25, 0.3) is 0 Å². The normalized spacial score (nSPS) is 21.3. The second kappa shape index (κ2) is 6.84. The molecule has 3 rings (SSSR count). The topological polar surface area (TPSA) is 113 Å². The number of nitrogens with one attached hydrogen (secondary N) is 1. The van der Waals surface area contributed by atoms with Crippen LogP contribution in [-0.4, -0.2) is 67.3 Å². The van der Waals surface area contributed by atoms with Gasteiger partial charge >= 0.3 is 0 Å². The number of likely N-dealkylation sites (tertiary alicyclic amines) is 1. The summed E-state index contributed by atoms with van der Waals surface area (Å²) < 4.78 is 0. The average molecular weight is 336 g/mol. The van der Waals surface area contributed by atoms with Gasteiger partial charge < -0.3 is 15.3 Å². The van der Waals surface area contributed by atoms with Crippen molar-refractivity contribution in [2.45, 2.75) is 44.8 Å². The standard InChI is InChI=1S/C15H24N6O3/c1-11(12-4-2-3-5-12)14(23)16-7-15(24)8-20(9-15)13(22)6-21-18-10-17-19-21/h10-12,24H,2-9H2,1H3,(H,16,23). The van der Waals surface area contributed by atoms with E-state index in [1.807, 2.05) is 6.92 Å². The molecule has 1 saturated carbocycles. The second-order valence-corrected chi connectivity index (χ2v) is 6.99. The van der Waals surface area contributed by atoms with Crippen LogP contribution in [0.3, 0.4) is 0 Å². The Kier molecular flexibility index (Phi) is 4.79. The highest BCUT2D eigenvalue weighted by atomic mass is 16.3. The number of carbonyl (C=O) groups excluding carboxylic acids is 2. The number of rotatable bonds is 6. The number of hydrogen-bond acceptors (Lipinski definition) is 6. The fourth-order valence-corrected chi connectivity index (χ4v) is 3.52. The number of hydrogen-bond donors (Lipinski definition) is 2. The van der Waals surface area contributed by atoms with Crippen molar-refractivity contribution in [2.75, 3.05) is 19.6 Å². The summed E-state index contributed by atoms with van der Waals surface area (Å²) in [5.41, 5.74) is -1.05. The van der Waals surface area contributed by atoms with Gasteiger partial charge in [0.1, 0.15) is 12.1 Å². The van der Waals surface area contributed by atoms with Gasteiger partial charge in [0.2, 0.25) is 11.8 Å². The predicted molar refractivity (Wildman–Crippen MR) is 83.5 cm³/mol. The third kappa shape index (κ3) is 3.72. The van der Waals surface area contributed by atoms with E-state index in [9.17, 15) is 14.7 Å². The summed E-state index contributed by atoms with van der Waals surface area (Å²) >= 11 is 0. The molecule has 9 nitrogen and oxygen atoms in total. The first-order chi connectivity index (χ1) is 11.5. The Hall–Kier alpha value is -2.03. The number of aromatic nitrogens is 4. The molecule has 0 bridgehead atoms. The van der Waals surface area contributed by atoms with Crippen molar-refractivity contribution in [2.24, 2.45) is 11.8 Å². The molecule has 0 spiro atoms. The van der Waals surface area contributed by atoms with Crippen LogP contribution in [0.15, 0.2) is 6.33 Å². The lowest BCUT2D eigenvalue weighted by atomic mass is 9.90. The lowest BCUT2D eigenvalue weighted by Gasteiger charge is -2.46. The van der Waals surface area contributed by atoms with Crippen molar-refractivity contribution >= 4 is 11.8 Å². The minimum absolute atomic E-state index is 0.00114. The first-order valence-electron chi connectivity index (χ1n) is 8.45. The summed E-state index contributed by atoms with van der Waals surface area (Å²) in [6.07, 6.45) is 5.88. The lowest BCUT2D eigenvalue weighted by Crippen LogP contribution is -2.68. The maximum absolute atomic E-state index is 12.2. The number of aliphatic hydroxyl groups is 1. The summed E-state index contributed by atoms with van der Waals surface area (Å²) in [7, 11) is 0. The zero-order valence-electron chi connectivity index (χ0n) is 13.9. The molecule has 132 valence electrons. The van der Waals surface area contributed by atoms with Crippen LogP contribution >= 0.6 is 0 Å². The lowest BCUT2D eigenvalue weighted by molar-refractivity contribution is -0.156. The third-order valence-corrected chi connectivity index (χ3v) is 5.10. The molecule has 1 aliphatic heterocycles. The Morgan fingerprint density at radius 2 is 2.08 bits per heavy atom. The molecular weight excluding hydrogens is 312 g/mol. The van der Waals surface area contributed by atoms with E-state index in [2.05, 4.69) is 20.7 Å². The molecule has 2 amide bonds. The predicted octanol–water partition coefficient (Wildman–Crippen LogP) is -0.811. The monoisotopic (exact) mass is 336 g/mol. The van der Waals surface area contributed by atoms with Crippen molar-refractivity contribution < 1.29 is 14.7 Å². The second-order valence-electron chi connectivity index (χ2n) is 6.99. The summed E-state index contributed by atoms with van der Waals surface area (Å²) in [6, 6.07) is 0. The van der Waals surface area contributed by atoms with Crippen molar-refractivity contribution in [3.8, 4) is 0 Å². The van der Waals surface area contributed by atoms with Gasteiger partial charge in [-0.15, -0.1) is 10.2 Å². The van der Waals surface area contributed by atoms with E-state index in [0.29, 0.717) is 5.92 Å². The maximum Gasteiger partial charge on any atom is 0.246 e. The van der Waals surface area contributed by atoms with Crippen LogP contribution in [0.2, 0.25) is 0 Å². The van der Waals surface area contributed by atoms with Crippen molar-refractivity contribution in [1.29, 1.82) is 0 Å². The van der Waals surface area contributed by atoms with Crippen LogP contribution in [0, 0.1) is 11.8 Å². The van der Waals surface area contributed by atoms with Crippen LogP contribution < -0.4 is 5.32 Å². The number of carbonyl (C=O) groups is 2. The van der Waals surface area contributed by atoms with Crippen molar-refractivity contribution in [3.63, 3.8) is 0 Å². The van der Waals surface area contributed by atoms with Gasteiger partial charge in [-0.25, -0.2) is 0 Å². The minimum Gasteiger partial charge on any atom is -0.384 e. The van der Waals surface area contributed by atoms with E-state index in [1.54, 1.807) is 0 Å². The third-order valence-electron chi connectivity index (χ3n) is 5.10. The molecule has 24 heavy (non-hydrogen) atoms. The van der Waals surface area contributed by atoms with Gasteiger partial charge in [-0.1, -0.05) is 19.8 Å². The minimum atomic E-state index is -1.05. The molecule has 0 aromatic carbocycles. The van der Waals surface area contributed by atoms with Gasteiger partial charge in [0.05, 0.1) is 13.1 Å². The van der Waals surface area contributed by atoms with Gasteiger partial charge in [-0.2, -0.15) is 4.80 Å². The Balaban J connectivity index is 1.40. The van der Waals surface area contributed by atoms with Crippen LogP contribution in [0.1, 0.15) is 32.6 Å². The molecule has 1 atom stereocenters. The quantitative estimate of drug-likeness (QED) is 0.702. The Bertz CT molecular complexity index is 578. The highest BCUT2D eigenvalue weighted by molar-refractivity contribution is 5.79. The molecule has 1 aromatic rings. The number of tetrazole rings is 1. The van der Waals surface area contributed by atoms with Crippen LogP contribution in [0.4, 0.5) is 0 Å². The molecule has 2 heterocycles. The summed E-state index contributed by atoms with van der Waals surface area (Å²) in [5.74, 6) is 0.247. The molecule has 1 saturated heterocycles. The van der Waals surface area contributed by atoms with Gasteiger partial charge in [-0.05, 0) is 24.0 Å². The van der Waals surface area contributed by atoms with Crippen molar-refractivity contribution in [3.05, 3.63) is 6.33 Å². The van der Waals surface area contributed by atoms with E-state index in [1.165, 1.54) is 28.9 Å². The fraction of sp³-hybridized carbons (Fsp3) is 0.800. The zero-order chi connectivity index (χ0) is 17.2. The maximum atomic E-state index is 12.2. The molecule has 1 aromatic heterocycles. The Morgan fingerprint density at radius 1 is 1.38 bits per heavy atom. The Morgan fingerprint density at radius 3 is 2.71 bits per heavy atom. The number of amides is 2. The highest BCUT2D eigenvalue weighted by Gasteiger charge is 2.44. The molecule has 2 aliphatic rings. The molecule has 2 N–H and O–H groups in total. The van der Waals surface area contributed by atoms with Crippen LogP contribution in [-0.2, 0) is 16.1 Å². The summed E-state index contributed by atoms with van der Waals surface area (Å²) in [4.78, 5) is 26.9. The van der Waals surface area contributed by atoms with Gasteiger partial charge in [0, 0.05) is 12.5 Å². The summed E-state index contributed by atoms with van der Waals surface area (Å²) in [6.45, 7) is 2.55. The van der Waals surface area contributed by atoms with Crippen molar-refractivity contribution in [1.82, 2.24) is 30.4 Å². The number of nitrogens with zero attached hydrogens (tertiary/aromatic N) is 5. The SMILES string of the molecule is CC(C(=O)NCC1(O)CN(C(=O)Cn2ncnn2)C1)C1CCCC1. The molecular formula is C15H24N6O3. The van der Waals surface area contributed by atoms with E-state index >= 15 is 0 Å². The molecule has 1 unspecified atom stereocenters. The molecule has 2 fully saturated rings. The number of β-amino-alcohol motifs (C(OH)–C–C–N with tert-alkyl or cyclic N) is 1. The van der Waals surface area contributed by atoms with E-state index in [0.717, 1.165) is 12.8 Å².